The van der Waals surface area contributed by atoms with Crippen LogP contribution in [0.2, 0.25) is 0 Å². The number of nitrogens with one attached hydrogen (secondary N) is 1. The van der Waals surface area contributed by atoms with Crippen molar-refractivity contribution >= 4 is 23.7 Å². The first-order chi connectivity index (χ1) is 12.8. The predicted octanol–water partition coefficient (Wildman–Crippen LogP) is 1.00. The molecule has 1 unspecified atom stereocenters. The van der Waals surface area contributed by atoms with Gasteiger partial charge in [0.25, 0.3) is 0 Å². The van der Waals surface area contributed by atoms with Crippen LogP contribution in [0.3, 0.4) is 0 Å². The number of anilines is 1. The Labute approximate surface area is 161 Å². The smallest absolute Gasteiger partial charge is 0.225 e. The second-order valence-corrected chi connectivity index (χ2v) is 8.11. The van der Waals surface area contributed by atoms with Gasteiger partial charge in [-0.15, -0.1) is 0 Å². The second-order valence-electron chi connectivity index (χ2n) is 6.70. The van der Waals surface area contributed by atoms with Crippen LogP contribution in [0.5, 0.6) is 0 Å². The molecule has 2 aliphatic heterocycles. The van der Waals surface area contributed by atoms with E-state index in [0.29, 0.717) is 0 Å². The van der Waals surface area contributed by atoms with E-state index >= 15 is 0 Å². The summed E-state index contributed by atoms with van der Waals surface area (Å²) in [5.74, 6) is 3.10. The van der Waals surface area contributed by atoms with Crippen LogP contribution in [0.15, 0.2) is 23.5 Å². The highest BCUT2D eigenvalue weighted by molar-refractivity contribution is 8.00. The summed E-state index contributed by atoms with van der Waals surface area (Å²) in [6.45, 7) is 10.5. The lowest BCUT2D eigenvalue weighted by Gasteiger charge is -2.36. The maximum Gasteiger partial charge on any atom is 0.225 e. The highest BCUT2D eigenvalue weighted by Crippen LogP contribution is 2.20. The number of piperazine rings is 1. The van der Waals surface area contributed by atoms with Crippen LogP contribution >= 0.6 is 11.8 Å². The number of guanidine groups is 1. The molecule has 2 fully saturated rings. The third kappa shape index (κ3) is 5.23. The summed E-state index contributed by atoms with van der Waals surface area (Å²) in [6.07, 6.45) is 4.85. The minimum Gasteiger partial charge on any atom is -0.355 e. The van der Waals surface area contributed by atoms with Crippen LogP contribution in [0.1, 0.15) is 13.3 Å². The fourth-order valence-electron chi connectivity index (χ4n) is 3.44. The van der Waals surface area contributed by atoms with Crippen molar-refractivity contribution in [2.45, 2.75) is 18.6 Å². The predicted molar refractivity (Wildman–Crippen MR) is 110 cm³/mol. The largest absolute Gasteiger partial charge is 0.355 e. The Morgan fingerprint density at radius 3 is 2.69 bits per heavy atom. The molecule has 1 N–H and O–H groups in total. The Hall–Kier alpha value is -1.54. The van der Waals surface area contributed by atoms with Crippen molar-refractivity contribution in [3.05, 3.63) is 18.5 Å². The number of nitrogens with zero attached hydrogens (tertiary/aromatic N) is 6. The maximum atomic E-state index is 4.49. The molecule has 8 heteroatoms. The lowest BCUT2D eigenvalue weighted by Crippen LogP contribution is -2.51. The highest BCUT2D eigenvalue weighted by Gasteiger charge is 2.22. The Morgan fingerprint density at radius 1 is 1.23 bits per heavy atom. The molecule has 0 radical (unpaired) electrons. The van der Waals surface area contributed by atoms with E-state index in [2.05, 4.69) is 53.7 Å². The molecule has 0 bridgehead atoms. The molecule has 1 atom stereocenters. The van der Waals surface area contributed by atoms with Crippen LogP contribution in [-0.4, -0.2) is 96.1 Å². The van der Waals surface area contributed by atoms with Crippen LogP contribution < -0.4 is 10.2 Å². The lowest BCUT2D eigenvalue weighted by atomic mass is 10.3. The standard InChI is InChI=1S/C18H31N7S/c1-3-16-15-25(13-14-26-16)17(19-2)22-7-8-23-9-11-24(12-10-23)18-20-5-4-6-21-18/h4-6,16H,3,7-15H2,1-2H3,(H,19,22). The van der Waals surface area contributed by atoms with E-state index in [1.54, 1.807) is 0 Å². The third-order valence-electron chi connectivity index (χ3n) is 5.02. The van der Waals surface area contributed by atoms with Crippen molar-refractivity contribution in [3.8, 4) is 0 Å². The molecule has 3 rings (SSSR count). The van der Waals surface area contributed by atoms with E-state index in [0.717, 1.165) is 69.5 Å². The number of thioether (sulfide) groups is 1. The Morgan fingerprint density at radius 2 is 2.00 bits per heavy atom. The Balaban J connectivity index is 1.38. The fourth-order valence-corrected chi connectivity index (χ4v) is 4.62. The molecule has 1 aromatic heterocycles. The molecule has 0 saturated carbocycles. The van der Waals surface area contributed by atoms with Gasteiger partial charge in [-0.05, 0) is 12.5 Å². The van der Waals surface area contributed by atoms with Gasteiger partial charge in [0.15, 0.2) is 5.96 Å². The summed E-state index contributed by atoms with van der Waals surface area (Å²) in [7, 11) is 1.89. The van der Waals surface area contributed by atoms with E-state index in [1.807, 2.05) is 25.5 Å². The molecule has 2 aliphatic rings. The lowest BCUT2D eigenvalue weighted by molar-refractivity contribution is 0.259. The summed E-state index contributed by atoms with van der Waals surface area (Å²) in [5.41, 5.74) is 0. The summed E-state index contributed by atoms with van der Waals surface area (Å²) in [6, 6.07) is 1.86. The number of aromatic nitrogens is 2. The van der Waals surface area contributed by atoms with Crippen molar-refractivity contribution in [3.63, 3.8) is 0 Å². The SMILES string of the molecule is CCC1CN(C(=NC)NCCN2CCN(c3ncccn3)CC2)CCS1. The van der Waals surface area contributed by atoms with Gasteiger partial charge in [-0.25, -0.2) is 9.97 Å². The van der Waals surface area contributed by atoms with Crippen molar-refractivity contribution in [2.24, 2.45) is 4.99 Å². The number of hydrogen-bond donors (Lipinski definition) is 1. The monoisotopic (exact) mass is 377 g/mol. The average molecular weight is 378 g/mol. The van der Waals surface area contributed by atoms with Crippen LogP contribution in [0, 0.1) is 0 Å². The first-order valence-electron chi connectivity index (χ1n) is 9.61. The zero-order valence-corrected chi connectivity index (χ0v) is 16.8. The van der Waals surface area contributed by atoms with Crippen molar-refractivity contribution < 1.29 is 0 Å². The van der Waals surface area contributed by atoms with Crippen LogP contribution in [-0.2, 0) is 0 Å². The maximum absolute atomic E-state index is 4.49. The van der Waals surface area contributed by atoms with E-state index in [9.17, 15) is 0 Å². The normalized spacial score (nSPS) is 22.5. The number of hydrogen-bond acceptors (Lipinski definition) is 6. The van der Waals surface area contributed by atoms with Crippen molar-refractivity contribution in [1.82, 2.24) is 25.1 Å². The average Bonchev–Trinajstić information content (AvgIpc) is 2.72. The molecule has 144 valence electrons. The Kier molecular flexibility index (Phi) is 7.37. The van der Waals surface area contributed by atoms with Gasteiger partial charge in [0, 0.05) is 82.8 Å². The second kappa shape index (κ2) is 9.97. The molecule has 2 saturated heterocycles. The minimum absolute atomic E-state index is 0.732. The molecule has 7 nitrogen and oxygen atoms in total. The summed E-state index contributed by atoms with van der Waals surface area (Å²) < 4.78 is 0. The molecular formula is C18H31N7S. The van der Waals surface area contributed by atoms with Gasteiger partial charge in [0.2, 0.25) is 5.95 Å². The summed E-state index contributed by atoms with van der Waals surface area (Å²) >= 11 is 2.09. The fraction of sp³-hybridized carbons (Fsp3) is 0.722. The highest BCUT2D eigenvalue weighted by atomic mass is 32.2. The first-order valence-corrected chi connectivity index (χ1v) is 10.7. The van der Waals surface area contributed by atoms with Crippen molar-refractivity contribution in [1.29, 1.82) is 0 Å². The van der Waals surface area contributed by atoms with Gasteiger partial charge in [-0.3, -0.25) is 9.89 Å². The van der Waals surface area contributed by atoms with Gasteiger partial charge >= 0.3 is 0 Å². The molecule has 0 spiro atoms. The van der Waals surface area contributed by atoms with Gasteiger partial charge in [0.05, 0.1) is 0 Å². The van der Waals surface area contributed by atoms with Gasteiger partial charge in [-0.2, -0.15) is 11.8 Å². The van der Waals surface area contributed by atoms with E-state index in [4.69, 9.17) is 0 Å². The molecule has 0 aliphatic carbocycles. The zero-order valence-electron chi connectivity index (χ0n) is 16.0. The molecule has 0 aromatic carbocycles. The third-order valence-corrected chi connectivity index (χ3v) is 6.40. The molecular weight excluding hydrogens is 346 g/mol. The summed E-state index contributed by atoms with van der Waals surface area (Å²) in [5, 5.41) is 4.29. The van der Waals surface area contributed by atoms with E-state index in [1.165, 1.54) is 12.2 Å². The molecule has 26 heavy (non-hydrogen) atoms. The quantitative estimate of drug-likeness (QED) is 0.607. The summed E-state index contributed by atoms with van der Waals surface area (Å²) in [4.78, 5) is 20.4. The zero-order chi connectivity index (χ0) is 18.2. The van der Waals surface area contributed by atoms with Gasteiger partial charge < -0.3 is 15.1 Å². The van der Waals surface area contributed by atoms with Gasteiger partial charge in [0.1, 0.15) is 0 Å². The van der Waals surface area contributed by atoms with E-state index in [-0.39, 0.29) is 0 Å². The topological polar surface area (TPSA) is 59.9 Å². The van der Waals surface area contributed by atoms with E-state index < -0.39 is 0 Å². The minimum atomic E-state index is 0.732. The first kappa shape index (κ1) is 19.2. The molecule has 0 amide bonds. The number of aliphatic imine (C=N–C) groups is 1. The van der Waals surface area contributed by atoms with Crippen molar-refractivity contribution in [2.75, 3.05) is 70.1 Å². The van der Waals surface area contributed by atoms with Gasteiger partial charge in [-0.1, -0.05) is 6.92 Å². The Bertz CT molecular complexity index is 560. The van der Waals surface area contributed by atoms with Crippen LogP contribution in [0.25, 0.3) is 0 Å². The molecule has 1 aromatic rings. The van der Waals surface area contributed by atoms with Crippen LogP contribution in [0.4, 0.5) is 5.95 Å². The molecule has 3 heterocycles. The number of rotatable bonds is 5.